The van der Waals surface area contributed by atoms with Crippen LogP contribution >= 0.6 is 22.7 Å². The summed E-state index contributed by atoms with van der Waals surface area (Å²) in [7, 11) is 1.62. The predicted molar refractivity (Wildman–Crippen MR) is 132 cm³/mol. The van der Waals surface area contributed by atoms with Gasteiger partial charge in [-0.1, -0.05) is 12.1 Å². The van der Waals surface area contributed by atoms with E-state index in [9.17, 15) is 13.2 Å². The molecule has 3 aromatic heterocycles. The van der Waals surface area contributed by atoms with Gasteiger partial charge >= 0.3 is 6.18 Å². The molecule has 9 heteroatoms. The zero-order chi connectivity index (χ0) is 23.7. The molecule has 170 valence electrons. The van der Waals surface area contributed by atoms with Crippen molar-refractivity contribution in [3.8, 4) is 16.3 Å². The highest BCUT2D eigenvalue weighted by atomic mass is 32.1. The number of methoxy groups -OCH3 is 1. The minimum atomic E-state index is -4.44. The van der Waals surface area contributed by atoms with Crippen molar-refractivity contribution in [2.24, 2.45) is 0 Å². The lowest BCUT2D eigenvalue weighted by Crippen LogP contribution is -2.06. The topological polar surface area (TPSA) is 47.9 Å². The Labute approximate surface area is 200 Å². The molecule has 0 N–H and O–H groups in total. The third-order valence-corrected chi connectivity index (χ3v) is 6.72. The summed E-state index contributed by atoms with van der Waals surface area (Å²) in [5.74, 6) is 0.766. The van der Waals surface area contributed by atoms with E-state index in [0.717, 1.165) is 38.0 Å². The first-order valence-electron chi connectivity index (χ1n) is 10.1. The molecule has 0 spiro atoms. The summed E-state index contributed by atoms with van der Waals surface area (Å²) in [5.41, 5.74) is 3.32. The molecule has 4 nitrogen and oxygen atoms in total. The van der Waals surface area contributed by atoms with Crippen LogP contribution < -0.4 is 4.74 Å². The summed E-state index contributed by atoms with van der Waals surface area (Å²) in [6.45, 7) is 0. The van der Waals surface area contributed by atoms with E-state index in [4.69, 9.17) is 4.74 Å². The molecule has 3 heterocycles. The quantitative estimate of drug-likeness (QED) is 0.230. The average Bonchev–Trinajstić information content (AvgIpc) is 3.54. The summed E-state index contributed by atoms with van der Waals surface area (Å²) < 4.78 is 46.2. The standard InChI is InChI=1S/C22H13F3N2OS.C3H3NS/c1-28-15-6-8-18-19(11-15)29-21(27-18)13-5-7-17-14(10-13)9-12-3-2-4-16(20(12)26-17)22(23,24)25;1-2-5-3-4-1/h2-11H,1H3;1-3H. The summed E-state index contributed by atoms with van der Waals surface area (Å²) in [5, 5.41) is 3.99. The maximum absolute atomic E-state index is 13.3. The first-order valence-corrected chi connectivity index (χ1v) is 11.9. The zero-order valence-electron chi connectivity index (χ0n) is 17.7. The summed E-state index contributed by atoms with van der Waals surface area (Å²) >= 11 is 3.14. The third kappa shape index (κ3) is 4.44. The van der Waals surface area contributed by atoms with Gasteiger partial charge in [0.15, 0.2) is 0 Å². The highest BCUT2D eigenvalue weighted by Crippen LogP contribution is 2.37. The van der Waals surface area contributed by atoms with Gasteiger partial charge in [-0.15, -0.1) is 22.7 Å². The number of pyridine rings is 1. The Morgan fingerprint density at radius 3 is 2.44 bits per heavy atom. The minimum absolute atomic E-state index is 0.0349. The molecule has 6 aromatic rings. The minimum Gasteiger partial charge on any atom is -0.497 e. The van der Waals surface area contributed by atoms with E-state index in [1.807, 2.05) is 35.7 Å². The number of hydrogen-bond donors (Lipinski definition) is 0. The Kier molecular flexibility index (Phi) is 5.89. The van der Waals surface area contributed by atoms with Gasteiger partial charge in [0.2, 0.25) is 0 Å². The van der Waals surface area contributed by atoms with Crippen molar-refractivity contribution < 1.29 is 17.9 Å². The predicted octanol–water partition coefficient (Wildman–Crippen LogP) is 7.84. The molecule has 6 rings (SSSR count). The molecule has 0 saturated heterocycles. The molecule has 0 fully saturated rings. The number of rotatable bonds is 2. The number of nitrogens with zero attached hydrogens (tertiary/aromatic N) is 3. The molecule has 3 aromatic carbocycles. The Hall–Kier alpha value is -3.56. The van der Waals surface area contributed by atoms with Crippen LogP contribution in [0.4, 0.5) is 13.2 Å². The van der Waals surface area contributed by atoms with E-state index in [1.165, 1.54) is 17.4 Å². The van der Waals surface area contributed by atoms with Crippen LogP contribution in [0.3, 0.4) is 0 Å². The van der Waals surface area contributed by atoms with Gasteiger partial charge in [0.1, 0.15) is 10.8 Å². The van der Waals surface area contributed by atoms with Crippen molar-refractivity contribution in [3.05, 3.63) is 83.3 Å². The van der Waals surface area contributed by atoms with Gasteiger partial charge in [0.25, 0.3) is 0 Å². The molecule has 0 saturated carbocycles. The van der Waals surface area contributed by atoms with E-state index in [0.29, 0.717) is 10.9 Å². The van der Waals surface area contributed by atoms with Crippen molar-refractivity contribution >= 4 is 54.7 Å². The number of hydrogen-bond acceptors (Lipinski definition) is 6. The molecule has 0 unspecified atom stereocenters. The summed E-state index contributed by atoms with van der Waals surface area (Å²) in [4.78, 5) is 12.7. The average molecular weight is 496 g/mol. The Morgan fingerprint density at radius 2 is 1.74 bits per heavy atom. The van der Waals surface area contributed by atoms with Crippen LogP contribution in [-0.2, 0) is 6.18 Å². The van der Waals surface area contributed by atoms with Crippen molar-refractivity contribution in [2.45, 2.75) is 6.18 Å². The number of para-hydroxylation sites is 1. The number of aromatic nitrogens is 3. The van der Waals surface area contributed by atoms with E-state index < -0.39 is 11.7 Å². The molecule has 34 heavy (non-hydrogen) atoms. The lowest BCUT2D eigenvalue weighted by atomic mass is 10.1. The first kappa shape index (κ1) is 22.2. The molecule has 0 bridgehead atoms. The van der Waals surface area contributed by atoms with Crippen LogP contribution in [0.15, 0.2) is 77.8 Å². The van der Waals surface area contributed by atoms with Crippen molar-refractivity contribution in [1.82, 2.24) is 15.0 Å². The SMILES string of the molecule is COc1ccc2nc(-c3ccc4nc5c(C(F)(F)F)cccc5cc4c3)sc2c1.c1cscn1. The fraction of sp³-hybridized carbons (Fsp3) is 0.0800. The number of halogens is 3. The van der Waals surface area contributed by atoms with Gasteiger partial charge in [-0.25, -0.2) is 9.97 Å². The van der Waals surface area contributed by atoms with Crippen molar-refractivity contribution in [2.75, 3.05) is 7.11 Å². The van der Waals surface area contributed by atoms with E-state index in [2.05, 4.69) is 15.0 Å². The second-order valence-corrected chi connectivity index (χ2v) is 9.09. The maximum Gasteiger partial charge on any atom is 0.418 e. The van der Waals surface area contributed by atoms with Gasteiger partial charge in [0.05, 0.1) is 39.4 Å². The van der Waals surface area contributed by atoms with E-state index >= 15 is 0 Å². The van der Waals surface area contributed by atoms with Crippen LogP contribution in [0.1, 0.15) is 5.56 Å². The Balaban J connectivity index is 0.000000429. The molecular weight excluding hydrogens is 479 g/mol. The summed E-state index contributed by atoms with van der Waals surface area (Å²) in [6.07, 6.45) is -2.67. The van der Waals surface area contributed by atoms with E-state index in [1.54, 1.807) is 48.4 Å². The number of thiazole rings is 2. The lowest BCUT2D eigenvalue weighted by Gasteiger charge is -2.10. The second-order valence-electron chi connectivity index (χ2n) is 7.30. The number of ether oxygens (including phenoxy) is 1. The van der Waals surface area contributed by atoms with Crippen LogP contribution in [0.2, 0.25) is 0 Å². The van der Waals surface area contributed by atoms with Gasteiger partial charge in [-0.2, -0.15) is 13.2 Å². The molecule has 0 aliphatic rings. The third-order valence-electron chi connectivity index (χ3n) is 5.13. The van der Waals surface area contributed by atoms with Crippen LogP contribution in [0, 0.1) is 0 Å². The lowest BCUT2D eigenvalue weighted by molar-refractivity contribution is -0.136. The fourth-order valence-electron chi connectivity index (χ4n) is 3.56. The highest BCUT2D eigenvalue weighted by Gasteiger charge is 2.33. The Morgan fingerprint density at radius 1 is 0.882 bits per heavy atom. The number of benzene rings is 3. The normalized spacial score (nSPS) is 11.5. The highest BCUT2D eigenvalue weighted by molar-refractivity contribution is 7.21. The Bertz CT molecular complexity index is 1580. The van der Waals surface area contributed by atoms with E-state index in [-0.39, 0.29) is 5.52 Å². The zero-order valence-corrected chi connectivity index (χ0v) is 19.3. The van der Waals surface area contributed by atoms with Gasteiger partial charge in [-0.3, -0.25) is 4.98 Å². The largest absolute Gasteiger partial charge is 0.497 e. The first-order chi connectivity index (χ1) is 16.4. The van der Waals surface area contributed by atoms with Gasteiger partial charge in [-0.05, 0) is 48.5 Å². The molecule has 0 atom stereocenters. The molecule has 0 aliphatic heterocycles. The molecule has 0 aliphatic carbocycles. The van der Waals surface area contributed by atoms with Gasteiger partial charge in [0, 0.05) is 27.9 Å². The van der Waals surface area contributed by atoms with Crippen LogP contribution in [0.5, 0.6) is 5.75 Å². The molecule has 0 radical (unpaired) electrons. The number of fused-ring (bicyclic) bond motifs is 3. The van der Waals surface area contributed by atoms with Crippen LogP contribution in [0.25, 0.3) is 42.6 Å². The fourth-order valence-corrected chi connectivity index (χ4v) is 4.90. The molecule has 0 amide bonds. The van der Waals surface area contributed by atoms with Gasteiger partial charge < -0.3 is 4.74 Å². The smallest absolute Gasteiger partial charge is 0.418 e. The summed E-state index contributed by atoms with van der Waals surface area (Å²) in [6, 6.07) is 17.1. The monoisotopic (exact) mass is 495 g/mol. The van der Waals surface area contributed by atoms with Crippen LogP contribution in [-0.4, -0.2) is 22.1 Å². The second kappa shape index (κ2) is 9.00. The van der Waals surface area contributed by atoms with Crippen molar-refractivity contribution in [3.63, 3.8) is 0 Å². The number of alkyl halides is 3. The maximum atomic E-state index is 13.3. The molecular formula is C25H16F3N3OS2. The van der Waals surface area contributed by atoms with Crippen molar-refractivity contribution in [1.29, 1.82) is 0 Å².